The van der Waals surface area contributed by atoms with E-state index < -0.39 is 0 Å². The molecule has 2 aliphatic heterocycles. The molecular formula is C27H32N4O2. The molecule has 0 radical (unpaired) electrons. The third-order valence-corrected chi connectivity index (χ3v) is 5.74. The Morgan fingerprint density at radius 1 is 1.21 bits per heavy atom. The minimum atomic E-state index is 0.205. The van der Waals surface area contributed by atoms with Crippen molar-refractivity contribution in [2.75, 3.05) is 36.6 Å². The largest absolute Gasteiger partial charge is 0.378 e. The summed E-state index contributed by atoms with van der Waals surface area (Å²) in [4.78, 5) is 19.1. The average molecular weight is 445 g/mol. The number of anilines is 2. The zero-order valence-electron chi connectivity index (χ0n) is 19.5. The summed E-state index contributed by atoms with van der Waals surface area (Å²) in [7, 11) is 0. The number of ketones is 1. The summed E-state index contributed by atoms with van der Waals surface area (Å²) in [6, 6.07) is 10.4. The van der Waals surface area contributed by atoms with Crippen LogP contribution in [-0.4, -0.2) is 37.1 Å². The number of rotatable bonds is 7. The standard InChI is InChI=1S/C27H32N4O2/c1-20(2)16-22(32)9-6-4-3-5-8-21-17-26(23-10-7-11-25-24(23)19-28-30-25)29-27(18-21)31-12-14-33-15-13-31/h7,10-11,16-18,28,30H,3-4,6,9,12-15,19H2,1-2H3. The number of hydrazine groups is 1. The molecule has 1 saturated heterocycles. The second-order valence-corrected chi connectivity index (χ2v) is 8.71. The first kappa shape index (κ1) is 23.0. The quantitative estimate of drug-likeness (QED) is 0.373. The highest BCUT2D eigenvalue weighted by molar-refractivity contribution is 5.90. The van der Waals surface area contributed by atoms with Crippen LogP contribution in [0, 0.1) is 11.8 Å². The maximum Gasteiger partial charge on any atom is 0.155 e. The molecule has 33 heavy (non-hydrogen) atoms. The van der Waals surface area contributed by atoms with Crippen molar-refractivity contribution in [1.82, 2.24) is 10.4 Å². The Labute approximate surface area is 196 Å². The van der Waals surface area contributed by atoms with E-state index in [9.17, 15) is 4.79 Å². The van der Waals surface area contributed by atoms with Gasteiger partial charge in [-0.25, -0.2) is 10.4 Å². The number of unbranched alkanes of at least 4 members (excludes halogenated alkanes) is 2. The van der Waals surface area contributed by atoms with Gasteiger partial charge in [0.15, 0.2) is 5.78 Å². The predicted octanol–water partition coefficient (Wildman–Crippen LogP) is 4.46. The third-order valence-electron chi connectivity index (χ3n) is 5.74. The van der Waals surface area contributed by atoms with E-state index in [1.807, 2.05) is 13.8 Å². The van der Waals surface area contributed by atoms with E-state index in [4.69, 9.17) is 9.72 Å². The predicted molar refractivity (Wildman–Crippen MR) is 133 cm³/mol. The summed E-state index contributed by atoms with van der Waals surface area (Å²) >= 11 is 0. The van der Waals surface area contributed by atoms with Gasteiger partial charge in [0, 0.05) is 49.2 Å². The van der Waals surface area contributed by atoms with Crippen molar-refractivity contribution in [2.45, 2.75) is 46.1 Å². The number of ether oxygens (including phenoxy) is 1. The van der Waals surface area contributed by atoms with Crippen LogP contribution in [0.3, 0.4) is 0 Å². The number of morpholine rings is 1. The van der Waals surface area contributed by atoms with Crippen molar-refractivity contribution in [3.05, 3.63) is 53.1 Å². The van der Waals surface area contributed by atoms with Gasteiger partial charge in [0.2, 0.25) is 0 Å². The van der Waals surface area contributed by atoms with Crippen molar-refractivity contribution in [2.24, 2.45) is 0 Å². The lowest BCUT2D eigenvalue weighted by Gasteiger charge is -2.28. The fourth-order valence-corrected chi connectivity index (χ4v) is 4.11. The minimum absolute atomic E-state index is 0.205. The van der Waals surface area contributed by atoms with Crippen molar-refractivity contribution in [3.8, 4) is 23.1 Å². The highest BCUT2D eigenvalue weighted by Crippen LogP contribution is 2.32. The highest BCUT2D eigenvalue weighted by Gasteiger charge is 2.18. The summed E-state index contributed by atoms with van der Waals surface area (Å²) in [5.74, 6) is 7.80. The van der Waals surface area contributed by atoms with Gasteiger partial charge in [-0.15, -0.1) is 0 Å². The van der Waals surface area contributed by atoms with E-state index >= 15 is 0 Å². The number of aromatic nitrogens is 1. The van der Waals surface area contributed by atoms with Crippen LogP contribution in [0.5, 0.6) is 0 Å². The summed E-state index contributed by atoms with van der Waals surface area (Å²) in [6.45, 7) is 7.77. The Morgan fingerprint density at radius 2 is 2.06 bits per heavy atom. The van der Waals surface area contributed by atoms with Crippen LogP contribution in [0.25, 0.3) is 11.3 Å². The molecule has 0 bridgehead atoms. The fourth-order valence-electron chi connectivity index (χ4n) is 4.11. The first-order valence-electron chi connectivity index (χ1n) is 11.7. The number of pyridine rings is 1. The molecule has 172 valence electrons. The van der Waals surface area contributed by atoms with Gasteiger partial charge < -0.3 is 15.1 Å². The maximum absolute atomic E-state index is 11.8. The maximum atomic E-state index is 11.8. The molecule has 2 aromatic rings. The molecule has 0 spiro atoms. The number of benzene rings is 1. The van der Waals surface area contributed by atoms with Crippen LogP contribution < -0.4 is 15.8 Å². The molecule has 2 N–H and O–H groups in total. The van der Waals surface area contributed by atoms with Gasteiger partial charge in [0.25, 0.3) is 0 Å². The smallest absolute Gasteiger partial charge is 0.155 e. The van der Waals surface area contributed by atoms with Crippen LogP contribution in [0.2, 0.25) is 0 Å². The molecule has 0 atom stereocenters. The molecule has 0 saturated carbocycles. The Morgan fingerprint density at radius 3 is 2.88 bits per heavy atom. The highest BCUT2D eigenvalue weighted by atomic mass is 16.5. The number of hydrogen-bond donors (Lipinski definition) is 2. The monoisotopic (exact) mass is 444 g/mol. The summed E-state index contributed by atoms with van der Waals surface area (Å²) < 4.78 is 5.53. The molecule has 0 aliphatic carbocycles. The van der Waals surface area contributed by atoms with Crippen LogP contribution in [0.1, 0.15) is 50.7 Å². The Balaban J connectivity index is 1.51. The Hall–Kier alpha value is -3.14. The van der Waals surface area contributed by atoms with Gasteiger partial charge in [-0.05, 0) is 51.0 Å². The van der Waals surface area contributed by atoms with Crippen molar-refractivity contribution in [3.63, 3.8) is 0 Å². The minimum Gasteiger partial charge on any atom is -0.378 e. The molecule has 1 fully saturated rings. The van der Waals surface area contributed by atoms with Crippen LogP contribution >= 0.6 is 0 Å². The first-order chi connectivity index (χ1) is 16.1. The zero-order valence-corrected chi connectivity index (χ0v) is 19.5. The van der Waals surface area contributed by atoms with E-state index in [0.717, 1.165) is 72.8 Å². The lowest BCUT2D eigenvalue weighted by molar-refractivity contribution is -0.114. The number of nitrogens with one attached hydrogen (secondary N) is 2. The molecule has 3 heterocycles. The fraction of sp³-hybridized carbons (Fsp3) is 0.407. The molecule has 0 unspecified atom stereocenters. The topological polar surface area (TPSA) is 66.5 Å². The molecule has 1 aromatic carbocycles. The SMILES string of the molecule is CC(C)=CC(=O)CCCCC#Cc1cc(-c2cccc3c2CNN3)nc(N2CCOCC2)c1. The first-order valence-corrected chi connectivity index (χ1v) is 11.7. The Kier molecular flexibility index (Phi) is 7.77. The van der Waals surface area contributed by atoms with Gasteiger partial charge in [0.05, 0.1) is 24.6 Å². The van der Waals surface area contributed by atoms with Crippen LogP contribution in [0.15, 0.2) is 42.0 Å². The molecule has 4 rings (SSSR count). The average Bonchev–Trinajstić information content (AvgIpc) is 3.30. The lowest BCUT2D eigenvalue weighted by Crippen LogP contribution is -2.36. The van der Waals surface area contributed by atoms with E-state index in [1.54, 1.807) is 6.08 Å². The second-order valence-electron chi connectivity index (χ2n) is 8.71. The van der Waals surface area contributed by atoms with Gasteiger partial charge in [-0.1, -0.05) is 29.5 Å². The normalized spacial score (nSPS) is 14.7. The van der Waals surface area contributed by atoms with Crippen molar-refractivity contribution >= 4 is 17.3 Å². The number of carbonyl (C=O) groups excluding carboxylic acids is 1. The number of nitrogens with zero attached hydrogens (tertiary/aromatic N) is 2. The molecule has 2 aliphatic rings. The van der Waals surface area contributed by atoms with E-state index in [2.05, 4.69) is 57.9 Å². The Bertz CT molecular complexity index is 1090. The van der Waals surface area contributed by atoms with Crippen LogP contribution in [0.4, 0.5) is 11.5 Å². The van der Waals surface area contributed by atoms with Crippen molar-refractivity contribution in [1.29, 1.82) is 0 Å². The van der Waals surface area contributed by atoms with E-state index in [1.165, 1.54) is 5.56 Å². The molecule has 6 nitrogen and oxygen atoms in total. The van der Waals surface area contributed by atoms with Crippen molar-refractivity contribution < 1.29 is 9.53 Å². The van der Waals surface area contributed by atoms with Gasteiger partial charge in [-0.3, -0.25) is 4.79 Å². The third kappa shape index (κ3) is 6.22. The van der Waals surface area contributed by atoms with Gasteiger partial charge >= 0.3 is 0 Å². The number of fused-ring (bicyclic) bond motifs is 1. The molecule has 1 aromatic heterocycles. The number of carbonyl (C=O) groups is 1. The summed E-state index contributed by atoms with van der Waals surface area (Å²) in [6.07, 6.45) is 4.89. The molecule has 6 heteroatoms. The van der Waals surface area contributed by atoms with E-state index in [-0.39, 0.29) is 5.78 Å². The van der Waals surface area contributed by atoms with Crippen LogP contribution in [-0.2, 0) is 16.1 Å². The number of allylic oxidation sites excluding steroid dienone is 2. The molecular weight excluding hydrogens is 412 g/mol. The number of hydrogen-bond acceptors (Lipinski definition) is 6. The van der Waals surface area contributed by atoms with E-state index in [0.29, 0.717) is 19.6 Å². The van der Waals surface area contributed by atoms with Gasteiger partial charge in [-0.2, -0.15) is 0 Å². The molecule has 0 amide bonds. The zero-order chi connectivity index (χ0) is 23.0. The van der Waals surface area contributed by atoms with Gasteiger partial charge in [0.1, 0.15) is 5.82 Å². The summed E-state index contributed by atoms with van der Waals surface area (Å²) in [5.41, 5.74) is 12.8. The second kappa shape index (κ2) is 11.1. The lowest BCUT2D eigenvalue weighted by atomic mass is 10.0. The summed E-state index contributed by atoms with van der Waals surface area (Å²) in [5, 5.41) is 0.